The number of hydrogen-bond donors (Lipinski definition) is 4. The highest BCUT2D eigenvalue weighted by atomic mass is 16.2. The van der Waals surface area contributed by atoms with Crippen molar-refractivity contribution in [2.45, 2.75) is 25.7 Å². The molecule has 0 radical (unpaired) electrons. The third kappa shape index (κ3) is 3.90. The molecule has 1 aliphatic heterocycles. The predicted octanol–water partition coefficient (Wildman–Crippen LogP) is -0.0582. The fourth-order valence-electron chi connectivity index (χ4n) is 2.00. The fraction of sp³-hybridized carbons (Fsp3) is 0.727. The van der Waals surface area contributed by atoms with Crippen LogP contribution in [0.3, 0.4) is 0 Å². The van der Waals surface area contributed by atoms with Crippen LogP contribution in [0.1, 0.15) is 25.7 Å². The van der Waals surface area contributed by atoms with Crippen molar-refractivity contribution in [1.29, 1.82) is 0 Å². The van der Waals surface area contributed by atoms with E-state index in [-0.39, 0.29) is 6.61 Å². The highest BCUT2D eigenvalue weighted by Crippen LogP contribution is 2.18. The van der Waals surface area contributed by atoms with Gasteiger partial charge in [-0.15, -0.1) is 0 Å². The van der Waals surface area contributed by atoms with Gasteiger partial charge in [0.05, 0.1) is 0 Å². The summed E-state index contributed by atoms with van der Waals surface area (Å²) in [5, 5.41) is 11.9. The summed E-state index contributed by atoms with van der Waals surface area (Å²) >= 11 is 0. The van der Waals surface area contributed by atoms with E-state index in [1.807, 2.05) is 0 Å². The molecule has 0 amide bonds. The van der Waals surface area contributed by atoms with E-state index in [1.54, 1.807) is 0 Å². The molecule has 0 saturated carbocycles. The number of aliphatic hydroxyl groups is 1. The minimum atomic E-state index is 0.202. The molecule has 0 bridgehead atoms. The number of nitrogens with two attached hydrogens (primary N) is 1. The van der Waals surface area contributed by atoms with Crippen molar-refractivity contribution in [1.82, 2.24) is 15.0 Å². The van der Waals surface area contributed by atoms with E-state index in [1.165, 1.54) is 0 Å². The Morgan fingerprint density at radius 3 is 2.53 bits per heavy atom. The molecule has 1 fully saturated rings. The summed E-state index contributed by atoms with van der Waals surface area (Å²) in [4.78, 5) is 15.0. The maximum absolute atomic E-state index is 8.73. The van der Waals surface area contributed by atoms with Gasteiger partial charge < -0.3 is 15.3 Å². The summed E-state index contributed by atoms with van der Waals surface area (Å²) in [5.74, 6) is 6.92. The first kappa shape index (κ1) is 13.8. The van der Waals surface area contributed by atoms with Crippen LogP contribution < -0.4 is 21.5 Å². The Hall–Kier alpha value is -1.67. The van der Waals surface area contributed by atoms with Crippen LogP contribution in [0.15, 0.2) is 0 Å². The summed E-state index contributed by atoms with van der Waals surface area (Å²) in [7, 11) is 0. The van der Waals surface area contributed by atoms with Gasteiger partial charge >= 0.3 is 0 Å². The second kappa shape index (κ2) is 7.05. The first-order chi connectivity index (χ1) is 9.33. The Kier molecular flexibility index (Phi) is 5.10. The average molecular weight is 267 g/mol. The molecule has 1 aromatic heterocycles. The molecular formula is C11H21N7O. The first-order valence-electron chi connectivity index (χ1n) is 6.66. The van der Waals surface area contributed by atoms with Crippen LogP contribution in [0.25, 0.3) is 0 Å². The number of unbranched alkanes of at least 4 members (excludes halogenated alkanes) is 1. The van der Waals surface area contributed by atoms with Crippen molar-refractivity contribution in [2.75, 3.05) is 41.9 Å². The Balaban J connectivity index is 2.02. The molecular weight excluding hydrogens is 246 g/mol. The number of rotatable bonds is 7. The third-order valence-corrected chi connectivity index (χ3v) is 3.01. The molecule has 1 aromatic rings. The monoisotopic (exact) mass is 267 g/mol. The Morgan fingerprint density at radius 2 is 1.84 bits per heavy atom. The predicted molar refractivity (Wildman–Crippen MR) is 73.9 cm³/mol. The molecule has 19 heavy (non-hydrogen) atoms. The molecule has 106 valence electrons. The van der Waals surface area contributed by atoms with Gasteiger partial charge in [-0.3, -0.25) is 5.43 Å². The van der Waals surface area contributed by atoms with Gasteiger partial charge in [0.1, 0.15) is 0 Å². The summed E-state index contributed by atoms with van der Waals surface area (Å²) < 4.78 is 0. The van der Waals surface area contributed by atoms with Crippen LogP contribution >= 0.6 is 0 Å². The zero-order chi connectivity index (χ0) is 13.5. The summed E-state index contributed by atoms with van der Waals surface area (Å²) in [6.45, 7) is 2.86. The maximum atomic E-state index is 8.73. The summed E-state index contributed by atoms with van der Waals surface area (Å²) in [6, 6.07) is 0. The number of hydrogen-bond acceptors (Lipinski definition) is 8. The van der Waals surface area contributed by atoms with Gasteiger partial charge in [0.25, 0.3) is 0 Å². The van der Waals surface area contributed by atoms with E-state index >= 15 is 0 Å². The van der Waals surface area contributed by atoms with E-state index in [0.717, 1.165) is 38.8 Å². The quantitative estimate of drug-likeness (QED) is 0.309. The normalized spacial score (nSPS) is 14.7. The molecule has 2 rings (SSSR count). The largest absolute Gasteiger partial charge is 0.396 e. The van der Waals surface area contributed by atoms with E-state index in [9.17, 15) is 0 Å². The zero-order valence-electron chi connectivity index (χ0n) is 11.0. The third-order valence-electron chi connectivity index (χ3n) is 3.01. The number of nitrogens with one attached hydrogen (secondary N) is 2. The smallest absolute Gasteiger partial charge is 0.243 e. The van der Waals surface area contributed by atoms with Crippen molar-refractivity contribution >= 4 is 17.8 Å². The second-order valence-electron chi connectivity index (χ2n) is 4.48. The highest BCUT2D eigenvalue weighted by Gasteiger charge is 2.17. The average Bonchev–Trinajstić information content (AvgIpc) is 2.97. The molecule has 1 saturated heterocycles. The Morgan fingerprint density at radius 1 is 1.11 bits per heavy atom. The first-order valence-corrected chi connectivity index (χ1v) is 6.66. The van der Waals surface area contributed by atoms with Crippen LogP contribution in [0.5, 0.6) is 0 Å². The van der Waals surface area contributed by atoms with Gasteiger partial charge in [0.2, 0.25) is 17.8 Å². The van der Waals surface area contributed by atoms with Crippen LogP contribution in [-0.4, -0.2) is 46.3 Å². The van der Waals surface area contributed by atoms with Crippen molar-refractivity contribution in [2.24, 2.45) is 5.84 Å². The lowest BCUT2D eigenvalue weighted by atomic mass is 10.3. The van der Waals surface area contributed by atoms with E-state index in [4.69, 9.17) is 10.9 Å². The van der Waals surface area contributed by atoms with Crippen LogP contribution in [-0.2, 0) is 0 Å². The summed E-state index contributed by atoms with van der Waals surface area (Å²) in [5.41, 5.74) is 2.46. The molecule has 0 unspecified atom stereocenters. The van der Waals surface area contributed by atoms with Crippen LogP contribution in [0.2, 0.25) is 0 Å². The number of hydrazine groups is 1. The molecule has 0 atom stereocenters. The van der Waals surface area contributed by atoms with E-state index in [2.05, 4.69) is 30.6 Å². The number of aromatic nitrogens is 3. The lowest BCUT2D eigenvalue weighted by Crippen LogP contribution is -2.23. The maximum Gasteiger partial charge on any atom is 0.243 e. The standard InChI is InChI=1S/C11H21N7O/c12-17-10-14-9(13-5-1-4-8-19)15-11(16-10)18-6-2-3-7-18/h19H,1-8,12H2,(H2,13,14,15,16,17). The molecule has 5 N–H and O–H groups in total. The van der Waals surface area contributed by atoms with Gasteiger partial charge in [0, 0.05) is 26.2 Å². The Bertz CT molecular complexity index is 395. The van der Waals surface area contributed by atoms with Crippen molar-refractivity contribution < 1.29 is 5.11 Å². The van der Waals surface area contributed by atoms with E-state index in [0.29, 0.717) is 24.4 Å². The topological polar surface area (TPSA) is 112 Å². The van der Waals surface area contributed by atoms with Gasteiger partial charge in [-0.1, -0.05) is 0 Å². The number of nitrogen functional groups attached to an aromatic ring is 1. The number of aliphatic hydroxyl groups excluding tert-OH is 1. The van der Waals surface area contributed by atoms with Crippen molar-refractivity contribution in [3.63, 3.8) is 0 Å². The lowest BCUT2D eigenvalue weighted by Gasteiger charge is -2.16. The molecule has 0 spiro atoms. The SMILES string of the molecule is NNc1nc(NCCCCO)nc(N2CCCC2)n1. The van der Waals surface area contributed by atoms with Gasteiger partial charge in [0.15, 0.2) is 0 Å². The fourth-order valence-corrected chi connectivity index (χ4v) is 2.00. The number of anilines is 3. The lowest BCUT2D eigenvalue weighted by molar-refractivity contribution is 0.286. The Labute approximate surface area is 112 Å². The van der Waals surface area contributed by atoms with Gasteiger partial charge in [-0.2, -0.15) is 15.0 Å². The second-order valence-corrected chi connectivity index (χ2v) is 4.48. The van der Waals surface area contributed by atoms with E-state index < -0.39 is 0 Å². The molecule has 2 heterocycles. The van der Waals surface area contributed by atoms with Gasteiger partial charge in [-0.25, -0.2) is 5.84 Å². The molecule has 0 aromatic carbocycles. The van der Waals surface area contributed by atoms with Crippen LogP contribution in [0, 0.1) is 0 Å². The summed E-state index contributed by atoms with van der Waals surface area (Å²) in [6.07, 6.45) is 3.96. The zero-order valence-corrected chi connectivity index (χ0v) is 11.0. The van der Waals surface area contributed by atoms with Crippen LogP contribution in [0.4, 0.5) is 17.8 Å². The highest BCUT2D eigenvalue weighted by molar-refractivity contribution is 5.43. The molecule has 8 nitrogen and oxygen atoms in total. The number of nitrogens with zero attached hydrogens (tertiary/aromatic N) is 4. The minimum absolute atomic E-state index is 0.202. The van der Waals surface area contributed by atoms with Crippen molar-refractivity contribution in [3.05, 3.63) is 0 Å². The molecule has 1 aliphatic rings. The van der Waals surface area contributed by atoms with Crippen molar-refractivity contribution in [3.8, 4) is 0 Å². The van der Waals surface area contributed by atoms with Gasteiger partial charge in [-0.05, 0) is 25.7 Å². The molecule has 8 heteroatoms. The molecule has 0 aliphatic carbocycles. The minimum Gasteiger partial charge on any atom is -0.396 e.